The summed E-state index contributed by atoms with van der Waals surface area (Å²) in [5.41, 5.74) is 2.31. The van der Waals surface area contributed by atoms with Gasteiger partial charge in [0.25, 0.3) is 0 Å². The van der Waals surface area contributed by atoms with E-state index in [9.17, 15) is 5.11 Å². The summed E-state index contributed by atoms with van der Waals surface area (Å²) in [6, 6.07) is 10.4. The summed E-state index contributed by atoms with van der Waals surface area (Å²) in [5.74, 6) is 0. The lowest BCUT2D eigenvalue weighted by Gasteiger charge is -2.15. The van der Waals surface area contributed by atoms with Crippen LogP contribution in [0.5, 0.6) is 0 Å². The Balaban J connectivity index is 2.12. The molecule has 1 aromatic heterocycles. The van der Waals surface area contributed by atoms with Crippen molar-refractivity contribution in [3.8, 4) is 0 Å². The van der Waals surface area contributed by atoms with Crippen molar-refractivity contribution in [2.45, 2.75) is 32.9 Å². The maximum Gasteiger partial charge on any atom is 0.185 e. The maximum atomic E-state index is 9.38. The number of anilines is 1. The third-order valence-electron chi connectivity index (χ3n) is 2.99. The number of aryl methyl sites for hydroxylation is 1. The zero-order valence-electron chi connectivity index (χ0n) is 11.5. The number of aliphatic hydroxyl groups is 1. The number of hydrogen-bond donors (Lipinski definition) is 1. The van der Waals surface area contributed by atoms with Crippen molar-refractivity contribution in [2.24, 2.45) is 0 Å². The van der Waals surface area contributed by atoms with Crippen LogP contribution in [0.1, 0.15) is 29.5 Å². The molecule has 0 saturated heterocycles. The minimum atomic E-state index is 0.0895. The van der Waals surface area contributed by atoms with Crippen molar-refractivity contribution in [1.82, 2.24) is 4.98 Å². The molecule has 102 valence electrons. The molecule has 0 aliphatic heterocycles. The first-order valence-corrected chi connectivity index (χ1v) is 7.40. The highest BCUT2D eigenvalue weighted by atomic mass is 32.1. The fraction of sp³-hybridized carbons (Fsp3) is 0.400. The Morgan fingerprint density at radius 1 is 1.26 bits per heavy atom. The molecule has 4 heteroatoms. The van der Waals surface area contributed by atoms with E-state index in [1.54, 1.807) is 11.3 Å². The van der Waals surface area contributed by atoms with Crippen molar-refractivity contribution in [1.29, 1.82) is 0 Å². The van der Waals surface area contributed by atoms with Gasteiger partial charge in [-0.15, -0.1) is 0 Å². The van der Waals surface area contributed by atoms with Gasteiger partial charge in [-0.3, -0.25) is 0 Å². The largest absolute Gasteiger partial charge is 0.391 e. The Bertz CT molecular complexity index is 510. The number of rotatable bonds is 6. The summed E-state index contributed by atoms with van der Waals surface area (Å²) in [4.78, 5) is 7.79. The lowest BCUT2D eigenvalue weighted by molar-refractivity contribution is 0.284. The van der Waals surface area contributed by atoms with Gasteiger partial charge in [0.1, 0.15) is 0 Å². The van der Waals surface area contributed by atoms with E-state index in [1.807, 2.05) is 25.2 Å². The van der Waals surface area contributed by atoms with E-state index in [4.69, 9.17) is 0 Å². The van der Waals surface area contributed by atoms with Gasteiger partial charge in [0, 0.05) is 13.6 Å². The van der Waals surface area contributed by atoms with Gasteiger partial charge in [0.05, 0.1) is 17.2 Å². The van der Waals surface area contributed by atoms with E-state index in [0.29, 0.717) is 0 Å². The summed E-state index contributed by atoms with van der Waals surface area (Å²) in [5, 5.41) is 10.4. The first-order chi connectivity index (χ1) is 9.24. The third-order valence-corrected chi connectivity index (χ3v) is 4.18. The van der Waals surface area contributed by atoms with E-state index >= 15 is 0 Å². The van der Waals surface area contributed by atoms with Gasteiger partial charge in [-0.05, 0) is 12.0 Å². The Labute approximate surface area is 118 Å². The lowest BCUT2D eigenvalue weighted by Crippen LogP contribution is -2.16. The van der Waals surface area contributed by atoms with Crippen LogP contribution in [-0.2, 0) is 19.6 Å². The standard InChI is InChI=1S/C15H20N2OS/c1-3-7-13-14(11-18)19-15(16-13)17(2)10-12-8-5-4-6-9-12/h4-6,8-9,18H,3,7,10-11H2,1-2H3. The Morgan fingerprint density at radius 3 is 2.63 bits per heavy atom. The monoisotopic (exact) mass is 276 g/mol. The molecule has 3 nitrogen and oxygen atoms in total. The van der Waals surface area contributed by atoms with Crippen molar-refractivity contribution in [3.05, 3.63) is 46.5 Å². The normalized spacial score (nSPS) is 10.7. The van der Waals surface area contributed by atoms with Crippen LogP contribution >= 0.6 is 11.3 Å². The summed E-state index contributed by atoms with van der Waals surface area (Å²) >= 11 is 1.59. The average molecular weight is 276 g/mol. The highest BCUT2D eigenvalue weighted by molar-refractivity contribution is 7.15. The lowest BCUT2D eigenvalue weighted by atomic mass is 10.2. The molecular formula is C15H20N2OS. The molecular weight excluding hydrogens is 256 g/mol. The van der Waals surface area contributed by atoms with Gasteiger partial charge in [0.15, 0.2) is 5.13 Å². The second-order valence-electron chi connectivity index (χ2n) is 4.62. The Hall–Kier alpha value is -1.39. The number of benzene rings is 1. The Kier molecular flexibility index (Phi) is 4.93. The molecule has 1 N–H and O–H groups in total. The van der Waals surface area contributed by atoms with Crippen molar-refractivity contribution < 1.29 is 5.11 Å². The second kappa shape index (κ2) is 6.68. The average Bonchev–Trinajstić information content (AvgIpc) is 2.83. The van der Waals surface area contributed by atoms with E-state index < -0.39 is 0 Å². The molecule has 0 bridgehead atoms. The van der Waals surface area contributed by atoms with Crippen LogP contribution in [0.25, 0.3) is 0 Å². The van der Waals surface area contributed by atoms with E-state index in [-0.39, 0.29) is 6.61 Å². The molecule has 19 heavy (non-hydrogen) atoms. The van der Waals surface area contributed by atoms with Crippen LogP contribution in [0.2, 0.25) is 0 Å². The van der Waals surface area contributed by atoms with Crippen LogP contribution in [0.3, 0.4) is 0 Å². The maximum absolute atomic E-state index is 9.38. The highest BCUT2D eigenvalue weighted by Crippen LogP contribution is 2.27. The van der Waals surface area contributed by atoms with Gasteiger partial charge < -0.3 is 10.0 Å². The predicted molar refractivity (Wildman–Crippen MR) is 80.6 cm³/mol. The SMILES string of the molecule is CCCc1nc(N(C)Cc2ccccc2)sc1CO. The topological polar surface area (TPSA) is 36.4 Å². The summed E-state index contributed by atoms with van der Waals surface area (Å²) in [6.07, 6.45) is 1.99. The second-order valence-corrected chi connectivity index (χ2v) is 5.68. The van der Waals surface area contributed by atoms with Crippen molar-refractivity contribution in [3.63, 3.8) is 0 Å². The molecule has 2 aromatic rings. The number of nitrogens with zero attached hydrogens (tertiary/aromatic N) is 2. The quantitative estimate of drug-likeness (QED) is 0.880. The number of aromatic nitrogens is 1. The number of thiazole rings is 1. The molecule has 1 aromatic carbocycles. The number of aliphatic hydroxyl groups excluding tert-OH is 1. The zero-order chi connectivity index (χ0) is 13.7. The molecule has 0 saturated carbocycles. The molecule has 0 atom stereocenters. The molecule has 0 amide bonds. The van der Waals surface area contributed by atoms with Crippen LogP contribution in [0.15, 0.2) is 30.3 Å². The minimum absolute atomic E-state index is 0.0895. The van der Waals surface area contributed by atoms with E-state index in [1.165, 1.54) is 5.56 Å². The summed E-state index contributed by atoms with van der Waals surface area (Å²) < 4.78 is 0. The van der Waals surface area contributed by atoms with Crippen LogP contribution in [0.4, 0.5) is 5.13 Å². The van der Waals surface area contributed by atoms with E-state index in [0.717, 1.165) is 35.1 Å². The molecule has 0 unspecified atom stereocenters. The van der Waals surface area contributed by atoms with Crippen molar-refractivity contribution >= 4 is 16.5 Å². The van der Waals surface area contributed by atoms with Gasteiger partial charge in [0.2, 0.25) is 0 Å². The fourth-order valence-corrected chi connectivity index (χ4v) is 2.94. The van der Waals surface area contributed by atoms with Gasteiger partial charge in [-0.1, -0.05) is 55.0 Å². The van der Waals surface area contributed by atoms with Gasteiger partial charge in [-0.25, -0.2) is 4.98 Å². The molecule has 0 spiro atoms. The smallest absolute Gasteiger partial charge is 0.185 e. The van der Waals surface area contributed by atoms with Crippen LogP contribution < -0.4 is 4.90 Å². The zero-order valence-corrected chi connectivity index (χ0v) is 12.3. The molecule has 2 rings (SSSR count). The molecule has 1 heterocycles. The first-order valence-electron chi connectivity index (χ1n) is 6.59. The molecule has 0 aliphatic rings. The predicted octanol–water partition coefficient (Wildman–Crippen LogP) is 3.22. The third kappa shape index (κ3) is 3.55. The van der Waals surface area contributed by atoms with Crippen LogP contribution in [0, 0.1) is 0 Å². The highest BCUT2D eigenvalue weighted by Gasteiger charge is 2.13. The Morgan fingerprint density at radius 2 is 2.00 bits per heavy atom. The molecule has 0 fully saturated rings. The fourth-order valence-electron chi connectivity index (χ4n) is 2.01. The number of hydrogen-bond acceptors (Lipinski definition) is 4. The summed E-state index contributed by atoms with van der Waals surface area (Å²) in [6.45, 7) is 3.06. The summed E-state index contributed by atoms with van der Waals surface area (Å²) in [7, 11) is 2.04. The molecule has 0 radical (unpaired) electrons. The van der Waals surface area contributed by atoms with Crippen LogP contribution in [-0.4, -0.2) is 17.1 Å². The molecule has 0 aliphatic carbocycles. The minimum Gasteiger partial charge on any atom is -0.391 e. The van der Waals surface area contributed by atoms with Gasteiger partial charge >= 0.3 is 0 Å². The van der Waals surface area contributed by atoms with Gasteiger partial charge in [-0.2, -0.15) is 0 Å². The van der Waals surface area contributed by atoms with E-state index in [2.05, 4.69) is 28.9 Å². The first kappa shape index (κ1) is 14.0. The van der Waals surface area contributed by atoms with Crippen molar-refractivity contribution in [2.75, 3.05) is 11.9 Å².